The largest absolute Gasteiger partial charge is 0.472 e. The van der Waals surface area contributed by atoms with Crippen LogP contribution >= 0.6 is 15.6 Å². The number of hydrogen-bond donors (Lipinski definition) is 3. The molecule has 0 aromatic carbocycles. The summed E-state index contributed by atoms with van der Waals surface area (Å²) in [5.74, 6) is 0.278. The molecule has 0 aliphatic rings. The third-order valence-corrected chi connectivity index (χ3v) is 22.9. The van der Waals surface area contributed by atoms with Crippen LogP contribution in [-0.2, 0) is 65.4 Å². The van der Waals surface area contributed by atoms with Crippen LogP contribution in [0.5, 0.6) is 0 Å². The van der Waals surface area contributed by atoms with Crippen LogP contribution in [0.15, 0.2) is 0 Å². The van der Waals surface area contributed by atoms with Gasteiger partial charge in [0.1, 0.15) is 19.3 Å². The molecule has 17 nitrogen and oxygen atoms in total. The van der Waals surface area contributed by atoms with Crippen molar-refractivity contribution < 1.29 is 80.2 Å². The van der Waals surface area contributed by atoms with Gasteiger partial charge in [-0.3, -0.25) is 37.3 Å². The summed E-state index contributed by atoms with van der Waals surface area (Å²) in [6, 6.07) is 0. The maximum absolute atomic E-state index is 13.2. The molecule has 0 heterocycles. The predicted molar refractivity (Wildman–Crippen MR) is 441 cm³/mol. The smallest absolute Gasteiger partial charge is 0.462 e. The lowest BCUT2D eigenvalue weighted by atomic mass is 9.99. The second-order valence-electron chi connectivity index (χ2n) is 32.8. The Hall–Kier alpha value is -1.94. The molecule has 3 unspecified atom stereocenters. The van der Waals surface area contributed by atoms with E-state index in [1.165, 1.54) is 276 Å². The molecule has 0 saturated carbocycles. The van der Waals surface area contributed by atoms with E-state index in [1.54, 1.807) is 0 Å². The Morgan fingerprint density at radius 2 is 0.477 bits per heavy atom. The SMILES string of the molecule is CCCCCCCCCCCCCCCCCCCCCCCC(=O)O[C@H](COC(=O)CCCCCCCCCCCCCCCCC(C)CC)COP(=O)(O)OC[C@@H](O)COP(=O)(O)OC[C@@H](COC(=O)CCCCCCCCCCCC(C)C)OC(=O)CCCCCCCCCCCCCCCC(C)C. The van der Waals surface area contributed by atoms with Crippen molar-refractivity contribution in [1.29, 1.82) is 0 Å². The lowest BCUT2D eigenvalue weighted by Gasteiger charge is -2.21. The zero-order valence-electron chi connectivity index (χ0n) is 70.6. The Kier molecular flexibility index (Phi) is 76.6. The standard InChI is InChI=1S/C88H172O17P2/c1-8-10-11-12-13-14-15-16-17-18-19-20-21-22-23-30-35-42-50-57-64-71-87(92)104-83(75-98-85(90)69-62-55-48-41-34-29-25-24-28-33-40-47-54-61-68-81(7)9-2)77-102-106(94,95)100-73-82(89)74-101-107(96,97)103-78-84(76-99-86(91)70-63-56-49-44-37-39-46-53-60-67-80(5)6)105-88(93)72-65-58-51-43-36-31-26-27-32-38-45-52-59-66-79(3)4/h79-84,89H,8-78H2,1-7H3,(H,94,95)(H,96,97)/t81?,82-,83-,84-/m1/s1. The van der Waals surface area contributed by atoms with Gasteiger partial charge < -0.3 is 33.8 Å². The summed E-state index contributed by atoms with van der Waals surface area (Å²) >= 11 is 0. The monoisotopic (exact) mass is 1560 g/mol. The Morgan fingerprint density at radius 3 is 0.710 bits per heavy atom. The van der Waals surface area contributed by atoms with Crippen molar-refractivity contribution in [2.75, 3.05) is 39.6 Å². The highest BCUT2D eigenvalue weighted by Crippen LogP contribution is 2.45. The Balaban J connectivity index is 5.26. The number of carbonyl (C=O) groups excluding carboxylic acids is 4. The van der Waals surface area contributed by atoms with Gasteiger partial charge in [-0.05, 0) is 43.4 Å². The lowest BCUT2D eigenvalue weighted by molar-refractivity contribution is -0.161. The molecule has 19 heteroatoms. The van der Waals surface area contributed by atoms with E-state index < -0.39 is 97.5 Å². The summed E-state index contributed by atoms with van der Waals surface area (Å²) in [4.78, 5) is 73.3. The van der Waals surface area contributed by atoms with E-state index >= 15 is 0 Å². The summed E-state index contributed by atoms with van der Waals surface area (Å²) in [7, 11) is -9.93. The van der Waals surface area contributed by atoms with Crippen LogP contribution in [0.2, 0.25) is 0 Å². The number of phosphoric ester groups is 2. The van der Waals surface area contributed by atoms with Gasteiger partial charge in [0.15, 0.2) is 12.2 Å². The van der Waals surface area contributed by atoms with Crippen molar-refractivity contribution in [1.82, 2.24) is 0 Å². The zero-order valence-corrected chi connectivity index (χ0v) is 72.4. The fourth-order valence-electron chi connectivity index (χ4n) is 13.7. The third-order valence-electron chi connectivity index (χ3n) is 21.0. The predicted octanol–water partition coefficient (Wildman–Crippen LogP) is 26.9. The van der Waals surface area contributed by atoms with E-state index in [2.05, 4.69) is 48.5 Å². The molecule has 0 amide bonds. The molecule has 6 atom stereocenters. The number of phosphoric acid groups is 2. The number of ether oxygens (including phenoxy) is 4. The first-order valence-electron chi connectivity index (χ1n) is 45.4. The van der Waals surface area contributed by atoms with Crippen molar-refractivity contribution in [3.05, 3.63) is 0 Å². The average molecular weight is 1560 g/mol. The minimum Gasteiger partial charge on any atom is -0.462 e. The topological polar surface area (TPSA) is 237 Å². The molecule has 0 saturated heterocycles. The van der Waals surface area contributed by atoms with E-state index in [1.807, 2.05) is 0 Å². The van der Waals surface area contributed by atoms with Crippen LogP contribution in [0, 0.1) is 17.8 Å². The first-order valence-corrected chi connectivity index (χ1v) is 48.4. The highest BCUT2D eigenvalue weighted by molar-refractivity contribution is 7.47. The van der Waals surface area contributed by atoms with Crippen LogP contribution in [0.4, 0.5) is 0 Å². The van der Waals surface area contributed by atoms with Gasteiger partial charge in [-0.25, -0.2) is 9.13 Å². The highest BCUT2D eigenvalue weighted by Gasteiger charge is 2.31. The van der Waals surface area contributed by atoms with Gasteiger partial charge >= 0.3 is 39.5 Å². The fraction of sp³-hybridized carbons (Fsp3) is 0.955. The van der Waals surface area contributed by atoms with E-state index in [0.717, 1.165) is 108 Å². The van der Waals surface area contributed by atoms with Crippen molar-refractivity contribution >= 4 is 39.5 Å². The van der Waals surface area contributed by atoms with Crippen molar-refractivity contribution in [2.45, 2.75) is 484 Å². The van der Waals surface area contributed by atoms with Gasteiger partial charge in [0.2, 0.25) is 0 Å². The number of aliphatic hydroxyl groups is 1. The summed E-state index contributed by atoms with van der Waals surface area (Å²) < 4.78 is 69.0. The van der Waals surface area contributed by atoms with Gasteiger partial charge in [0.05, 0.1) is 26.4 Å². The molecule has 0 radical (unpaired) electrons. The Labute approximate surface area is 658 Å². The third kappa shape index (κ3) is 80.5. The zero-order chi connectivity index (χ0) is 78.6. The lowest BCUT2D eigenvalue weighted by Crippen LogP contribution is -2.30. The average Bonchev–Trinajstić information content (AvgIpc) is 0.920. The first-order chi connectivity index (χ1) is 51.8. The molecule has 0 aliphatic heterocycles. The summed E-state index contributed by atoms with van der Waals surface area (Å²) in [5.41, 5.74) is 0. The molecule has 0 rings (SSSR count). The number of unbranched alkanes of at least 4 members (excludes halogenated alkanes) is 53. The van der Waals surface area contributed by atoms with E-state index in [9.17, 15) is 43.2 Å². The molecule has 0 aromatic rings. The van der Waals surface area contributed by atoms with Crippen molar-refractivity contribution in [3.8, 4) is 0 Å². The second-order valence-corrected chi connectivity index (χ2v) is 35.7. The van der Waals surface area contributed by atoms with Crippen LogP contribution in [0.25, 0.3) is 0 Å². The van der Waals surface area contributed by atoms with Crippen LogP contribution in [0.1, 0.15) is 466 Å². The van der Waals surface area contributed by atoms with E-state index in [-0.39, 0.29) is 25.7 Å². The molecule has 107 heavy (non-hydrogen) atoms. The van der Waals surface area contributed by atoms with Gasteiger partial charge in [-0.15, -0.1) is 0 Å². The Bertz CT molecular complexity index is 2060. The molecule has 0 aromatic heterocycles. The molecular formula is C88H172O17P2. The van der Waals surface area contributed by atoms with Gasteiger partial charge in [0.25, 0.3) is 0 Å². The minimum absolute atomic E-state index is 0.107. The number of aliphatic hydroxyl groups excluding tert-OH is 1. The summed E-state index contributed by atoms with van der Waals surface area (Å²) in [6.45, 7) is 12.0. The maximum atomic E-state index is 13.2. The maximum Gasteiger partial charge on any atom is 0.472 e. The van der Waals surface area contributed by atoms with Crippen molar-refractivity contribution in [3.63, 3.8) is 0 Å². The minimum atomic E-state index is -4.97. The first kappa shape index (κ1) is 105. The van der Waals surface area contributed by atoms with E-state index in [0.29, 0.717) is 25.7 Å². The van der Waals surface area contributed by atoms with Crippen LogP contribution in [-0.4, -0.2) is 96.7 Å². The van der Waals surface area contributed by atoms with E-state index in [4.69, 9.17) is 37.0 Å². The molecule has 0 aliphatic carbocycles. The quantitative estimate of drug-likeness (QED) is 0.0222. The number of carbonyl (C=O) groups is 4. The van der Waals surface area contributed by atoms with Crippen LogP contribution in [0.3, 0.4) is 0 Å². The van der Waals surface area contributed by atoms with Gasteiger partial charge in [-0.1, -0.05) is 414 Å². The molecule has 636 valence electrons. The van der Waals surface area contributed by atoms with Gasteiger partial charge in [0, 0.05) is 25.7 Å². The number of esters is 4. The second kappa shape index (κ2) is 78.0. The number of hydrogen-bond acceptors (Lipinski definition) is 15. The fourth-order valence-corrected chi connectivity index (χ4v) is 15.3. The molecular weight excluding hydrogens is 1390 g/mol. The number of rotatable bonds is 86. The summed E-state index contributed by atoms with van der Waals surface area (Å²) in [5, 5.41) is 10.7. The molecule has 0 spiro atoms. The van der Waals surface area contributed by atoms with Gasteiger partial charge in [-0.2, -0.15) is 0 Å². The van der Waals surface area contributed by atoms with Crippen LogP contribution < -0.4 is 0 Å². The highest BCUT2D eigenvalue weighted by atomic mass is 31.2. The normalized spacial score (nSPS) is 14.1. The molecule has 3 N–H and O–H groups in total. The summed E-state index contributed by atoms with van der Waals surface area (Å²) in [6.07, 6.45) is 69.4. The van der Waals surface area contributed by atoms with Crippen molar-refractivity contribution in [2.24, 2.45) is 17.8 Å². The Morgan fingerprint density at radius 1 is 0.271 bits per heavy atom. The molecule has 0 fully saturated rings. The molecule has 0 bridgehead atoms.